The highest BCUT2D eigenvalue weighted by atomic mass is 32.2. The number of pyridine rings is 1. The number of hydrogen-bond donors (Lipinski definition) is 1. The van der Waals surface area contributed by atoms with Crippen LogP contribution in [0.4, 0.5) is 23.4 Å². The molecule has 1 aromatic carbocycles. The minimum atomic E-state index is -4.45. The SMILES string of the molecule is CCS(=O)NC(=O)c1cc(C)c(OCC2CCCN2c2ccc(C(F)(F)F)cn2)cc1F. The van der Waals surface area contributed by atoms with Crippen LogP contribution in [-0.4, -0.2) is 40.0 Å². The fourth-order valence-corrected chi connectivity index (χ4v) is 3.90. The summed E-state index contributed by atoms with van der Waals surface area (Å²) in [5, 5.41) is 0. The molecule has 6 nitrogen and oxygen atoms in total. The average Bonchev–Trinajstić information content (AvgIpc) is 3.21. The Morgan fingerprint density at radius 2 is 2.09 bits per heavy atom. The maximum absolute atomic E-state index is 14.5. The molecule has 2 heterocycles. The number of carbonyl (C=O) groups excluding carboxylic acids is 1. The molecule has 2 atom stereocenters. The van der Waals surface area contributed by atoms with Gasteiger partial charge in [-0.1, -0.05) is 6.92 Å². The molecule has 3 rings (SSSR count). The Morgan fingerprint density at radius 3 is 2.72 bits per heavy atom. The van der Waals surface area contributed by atoms with E-state index >= 15 is 0 Å². The molecule has 2 unspecified atom stereocenters. The first-order chi connectivity index (χ1) is 15.1. The number of aromatic nitrogens is 1. The topological polar surface area (TPSA) is 71.5 Å². The molecule has 0 saturated carbocycles. The van der Waals surface area contributed by atoms with E-state index in [1.54, 1.807) is 13.8 Å². The molecule has 174 valence electrons. The number of nitrogens with zero attached hydrogens (tertiary/aromatic N) is 2. The number of anilines is 1. The number of benzene rings is 1. The monoisotopic (exact) mass is 473 g/mol. The number of amides is 1. The van der Waals surface area contributed by atoms with Crippen molar-refractivity contribution in [3.05, 3.63) is 53.0 Å². The van der Waals surface area contributed by atoms with Crippen molar-refractivity contribution in [2.45, 2.75) is 38.9 Å². The summed E-state index contributed by atoms with van der Waals surface area (Å²) in [4.78, 5) is 17.9. The van der Waals surface area contributed by atoms with Crippen molar-refractivity contribution in [3.63, 3.8) is 0 Å². The van der Waals surface area contributed by atoms with Crippen LogP contribution < -0.4 is 14.4 Å². The van der Waals surface area contributed by atoms with Crippen molar-refractivity contribution >= 4 is 22.7 Å². The maximum Gasteiger partial charge on any atom is 0.417 e. The molecule has 11 heteroatoms. The van der Waals surface area contributed by atoms with Gasteiger partial charge in [-0.05, 0) is 43.5 Å². The third kappa shape index (κ3) is 5.56. The van der Waals surface area contributed by atoms with E-state index in [1.807, 2.05) is 4.90 Å². The molecule has 1 amide bonds. The summed E-state index contributed by atoms with van der Waals surface area (Å²) >= 11 is 0. The molecule has 2 aromatic rings. The number of ether oxygens (including phenoxy) is 1. The standard InChI is InChI=1S/C21H23F4N3O3S/c1-3-32(30)27-20(29)16-9-13(2)18(10-17(16)22)31-12-15-5-4-8-28(15)19-7-6-14(11-26-19)21(23,24)25/h6-7,9-11,15H,3-5,8,12H2,1-2H3,(H,27,29). The van der Waals surface area contributed by atoms with Crippen LogP contribution >= 0.6 is 0 Å². The summed E-state index contributed by atoms with van der Waals surface area (Å²) in [6.45, 7) is 4.08. The lowest BCUT2D eigenvalue weighted by molar-refractivity contribution is -0.137. The Labute approximate surface area is 185 Å². The summed E-state index contributed by atoms with van der Waals surface area (Å²) in [5.74, 6) is -0.693. The van der Waals surface area contributed by atoms with Gasteiger partial charge in [-0.2, -0.15) is 13.2 Å². The second-order valence-electron chi connectivity index (χ2n) is 7.37. The van der Waals surface area contributed by atoms with Crippen molar-refractivity contribution in [3.8, 4) is 5.75 Å². The van der Waals surface area contributed by atoms with E-state index in [4.69, 9.17) is 4.74 Å². The minimum absolute atomic E-state index is 0.142. The van der Waals surface area contributed by atoms with Gasteiger partial charge in [-0.25, -0.2) is 13.6 Å². The smallest absolute Gasteiger partial charge is 0.417 e. The lowest BCUT2D eigenvalue weighted by Gasteiger charge is -2.26. The van der Waals surface area contributed by atoms with Gasteiger partial charge in [-0.15, -0.1) is 0 Å². The molecule has 1 saturated heterocycles. The number of nitrogens with one attached hydrogen (secondary N) is 1. The molecule has 0 spiro atoms. The van der Waals surface area contributed by atoms with Crippen molar-refractivity contribution in [2.75, 3.05) is 23.8 Å². The summed E-state index contributed by atoms with van der Waals surface area (Å²) in [6, 6.07) is 4.62. The molecule has 0 radical (unpaired) electrons. The number of carbonyl (C=O) groups is 1. The van der Waals surface area contributed by atoms with Crippen LogP contribution in [0, 0.1) is 12.7 Å². The first-order valence-corrected chi connectivity index (χ1v) is 11.3. The van der Waals surface area contributed by atoms with Crippen LogP contribution in [0.2, 0.25) is 0 Å². The molecule has 32 heavy (non-hydrogen) atoms. The van der Waals surface area contributed by atoms with Crippen LogP contribution in [0.3, 0.4) is 0 Å². The van der Waals surface area contributed by atoms with Crippen LogP contribution in [0.15, 0.2) is 30.5 Å². The van der Waals surface area contributed by atoms with Crippen LogP contribution in [0.1, 0.15) is 41.3 Å². The highest BCUT2D eigenvalue weighted by Gasteiger charge is 2.32. The van der Waals surface area contributed by atoms with Crippen LogP contribution in [0.5, 0.6) is 5.75 Å². The zero-order chi connectivity index (χ0) is 23.5. The number of halogens is 4. The summed E-state index contributed by atoms with van der Waals surface area (Å²) < 4.78 is 72.3. The van der Waals surface area contributed by atoms with Gasteiger partial charge in [-0.3, -0.25) is 9.52 Å². The molecule has 1 N–H and O–H groups in total. The van der Waals surface area contributed by atoms with Gasteiger partial charge in [0, 0.05) is 24.6 Å². The van der Waals surface area contributed by atoms with E-state index in [2.05, 4.69) is 9.71 Å². The van der Waals surface area contributed by atoms with Crippen LogP contribution in [0.25, 0.3) is 0 Å². The normalized spacial score (nSPS) is 17.3. The second kappa shape index (κ2) is 9.85. The number of hydrogen-bond acceptors (Lipinski definition) is 5. The quantitative estimate of drug-likeness (QED) is 0.616. The highest BCUT2D eigenvalue weighted by Crippen LogP contribution is 2.31. The van der Waals surface area contributed by atoms with Crippen molar-refractivity contribution in [1.29, 1.82) is 0 Å². The molecule has 0 bridgehead atoms. The van der Waals surface area contributed by atoms with Gasteiger partial charge in [0.15, 0.2) is 0 Å². The predicted molar refractivity (Wildman–Crippen MR) is 112 cm³/mol. The van der Waals surface area contributed by atoms with Crippen molar-refractivity contribution in [2.24, 2.45) is 0 Å². The van der Waals surface area contributed by atoms with Gasteiger partial charge in [0.05, 0.1) is 17.2 Å². The van der Waals surface area contributed by atoms with E-state index in [0.717, 1.165) is 31.2 Å². The second-order valence-corrected chi connectivity index (χ2v) is 8.84. The Bertz CT molecular complexity index is 999. The van der Waals surface area contributed by atoms with Gasteiger partial charge >= 0.3 is 6.18 Å². The summed E-state index contributed by atoms with van der Waals surface area (Å²) in [7, 11) is -1.58. The average molecular weight is 473 g/mol. The molecular weight excluding hydrogens is 450 g/mol. The molecule has 1 aromatic heterocycles. The molecular formula is C21H23F4N3O3S. The zero-order valence-electron chi connectivity index (χ0n) is 17.5. The Balaban J connectivity index is 1.68. The molecule has 0 aliphatic carbocycles. The Morgan fingerprint density at radius 1 is 1.34 bits per heavy atom. The van der Waals surface area contributed by atoms with Gasteiger partial charge < -0.3 is 9.64 Å². The van der Waals surface area contributed by atoms with Crippen molar-refractivity contribution < 1.29 is 31.3 Å². The molecule has 1 aliphatic heterocycles. The number of aryl methyl sites for hydroxylation is 1. The number of rotatable bonds is 7. The van der Waals surface area contributed by atoms with Crippen LogP contribution in [-0.2, 0) is 17.2 Å². The number of alkyl halides is 3. The summed E-state index contributed by atoms with van der Waals surface area (Å²) in [6.07, 6.45) is -2.08. The summed E-state index contributed by atoms with van der Waals surface area (Å²) in [5.41, 5.74) is -0.518. The molecule has 1 aliphatic rings. The maximum atomic E-state index is 14.5. The van der Waals surface area contributed by atoms with Gasteiger partial charge in [0.25, 0.3) is 5.91 Å². The molecule has 1 fully saturated rings. The fourth-order valence-electron chi connectivity index (χ4n) is 3.44. The van der Waals surface area contributed by atoms with Gasteiger partial charge in [0.1, 0.15) is 35.0 Å². The first kappa shape index (κ1) is 24.0. The largest absolute Gasteiger partial charge is 0.491 e. The zero-order valence-corrected chi connectivity index (χ0v) is 18.4. The highest BCUT2D eigenvalue weighted by molar-refractivity contribution is 7.83. The fraction of sp³-hybridized carbons (Fsp3) is 0.429. The van der Waals surface area contributed by atoms with Gasteiger partial charge in [0.2, 0.25) is 0 Å². The third-order valence-corrected chi connectivity index (χ3v) is 6.09. The van der Waals surface area contributed by atoms with E-state index < -0.39 is 34.4 Å². The Hall–Kier alpha value is -2.69. The van der Waals surface area contributed by atoms with E-state index in [1.165, 1.54) is 12.1 Å². The van der Waals surface area contributed by atoms with E-state index in [9.17, 15) is 26.6 Å². The third-order valence-electron chi connectivity index (χ3n) is 5.16. The van der Waals surface area contributed by atoms with Crippen molar-refractivity contribution in [1.82, 2.24) is 9.71 Å². The Kier molecular flexibility index (Phi) is 7.37. The van der Waals surface area contributed by atoms with E-state index in [-0.39, 0.29) is 29.7 Å². The predicted octanol–water partition coefficient (Wildman–Crippen LogP) is 4.01. The lowest BCUT2D eigenvalue weighted by Crippen LogP contribution is -2.35. The minimum Gasteiger partial charge on any atom is -0.491 e. The lowest BCUT2D eigenvalue weighted by atomic mass is 10.1. The van der Waals surface area contributed by atoms with E-state index in [0.29, 0.717) is 17.9 Å². The first-order valence-electron chi connectivity index (χ1n) is 10.0.